The zero-order chi connectivity index (χ0) is 23.1. The van der Waals surface area contributed by atoms with Crippen LogP contribution < -0.4 is 15.4 Å². The molecule has 2 aromatic rings. The molecule has 0 spiro atoms. The van der Waals surface area contributed by atoms with Gasteiger partial charge in [0.2, 0.25) is 21.8 Å². The second-order valence-corrected chi connectivity index (χ2v) is 9.60. The summed E-state index contributed by atoms with van der Waals surface area (Å²) in [6, 6.07) is 9.15. The van der Waals surface area contributed by atoms with E-state index in [1.807, 2.05) is 0 Å². The quantitative estimate of drug-likeness (QED) is 0.613. The zero-order valence-electron chi connectivity index (χ0n) is 18.2. The van der Waals surface area contributed by atoms with Gasteiger partial charge in [0, 0.05) is 37.9 Å². The fourth-order valence-corrected chi connectivity index (χ4v) is 4.96. The molecule has 0 bridgehead atoms. The van der Waals surface area contributed by atoms with Crippen molar-refractivity contribution in [3.8, 4) is 5.75 Å². The number of nitrogens with one attached hydrogen (secondary N) is 2. The molecule has 32 heavy (non-hydrogen) atoms. The molecule has 0 unspecified atom stereocenters. The van der Waals surface area contributed by atoms with Crippen molar-refractivity contribution in [1.29, 1.82) is 0 Å². The maximum Gasteiger partial charge on any atom is 0.243 e. The molecule has 2 N–H and O–H groups in total. The summed E-state index contributed by atoms with van der Waals surface area (Å²) in [5, 5.41) is 5.52. The minimum absolute atomic E-state index is 0.195. The molecule has 2 amide bonds. The molecule has 0 saturated carbocycles. The number of carbonyl (C=O) groups is 2. The first-order valence-electron chi connectivity index (χ1n) is 10.4. The van der Waals surface area contributed by atoms with E-state index in [1.165, 1.54) is 23.5 Å². The standard InChI is InChI=1S/C22H28N4O5S/c1-16(21(27)24-15-17-7-11-23-12-8-17)25-22(28)18-9-13-26(14-10-18)32(29,30)20-5-3-19(31-2)4-6-20/h3-8,11-12,16,18H,9-10,13-15H2,1-2H3,(H,24,27)(H,25,28)/t16-/m0/s1. The van der Waals surface area contributed by atoms with Gasteiger partial charge < -0.3 is 15.4 Å². The van der Waals surface area contributed by atoms with Gasteiger partial charge in [0.1, 0.15) is 11.8 Å². The Balaban J connectivity index is 1.48. The number of amides is 2. The highest BCUT2D eigenvalue weighted by molar-refractivity contribution is 7.89. The highest BCUT2D eigenvalue weighted by Gasteiger charge is 2.32. The van der Waals surface area contributed by atoms with Crippen LogP contribution in [0.3, 0.4) is 0 Å². The van der Waals surface area contributed by atoms with Crippen LogP contribution in [0, 0.1) is 5.92 Å². The first kappa shape index (κ1) is 23.7. The van der Waals surface area contributed by atoms with Gasteiger partial charge >= 0.3 is 0 Å². The molecule has 10 heteroatoms. The number of carbonyl (C=O) groups excluding carboxylic acids is 2. The number of hydrogen-bond acceptors (Lipinski definition) is 6. The van der Waals surface area contributed by atoms with Gasteiger partial charge in [-0.2, -0.15) is 4.31 Å². The van der Waals surface area contributed by atoms with Crippen molar-refractivity contribution in [1.82, 2.24) is 19.9 Å². The molecule has 1 aliphatic heterocycles. The summed E-state index contributed by atoms with van der Waals surface area (Å²) >= 11 is 0. The van der Waals surface area contributed by atoms with Crippen LogP contribution >= 0.6 is 0 Å². The Morgan fingerprint density at radius 1 is 1.12 bits per heavy atom. The summed E-state index contributed by atoms with van der Waals surface area (Å²) in [4.78, 5) is 29.0. The Labute approximate surface area is 188 Å². The Hall–Kier alpha value is -2.98. The summed E-state index contributed by atoms with van der Waals surface area (Å²) < 4.78 is 32.2. The SMILES string of the molecule is COc1ccc(S(=O)(=O)N2CCC(C(=O)N[C@@H](C)C(=O)NCc3ccncc3)CC2)cc1. The number of hydrogen-bond donors (Lipinski definition) is 2. The summed E-state index contributed by atoms with van der Waals surface area (Å²) in [7, 11) is -2.11. The summed E-state index contributed by atoms with van der Waals surface area (Å²) in [6.45, 7) is 2.47. The molecular formula is C22H28N4O5S. The van der Waals surface area contributed by atoms with Gasteiger partial charge in [-0.1, -0.05) is 0 Å². The number of aromatic nitrogens is 1. The molecule has 1 aliphatic rings. The van der Waals surface area contributed by atoms with Crippen molar-refractivity contribution in [2.24, 2.45) is 5.92 Å². The molecule has 0 aliphatic carbocycles. The highest BCUT2D eigenvalue weighted by atomic mass is 32.2. The number of methoxy groups -OCH3 is 1. The minimum Gasteiger partial charge on any atom is -0.497 e. The average molecular weight is 461 g/mol. The lowest BCUT2D eigenvalue weighted by atomic mass is 9.97. The zero-order valence-corrected chi connectivity index (χ0v) is 19.0. The van der Waals surface area contributed by atoms with Gasteiger partial charge in [-0.15, -0.1) is 0 Å². The van der Waals surface area contributed by atoms with E-state index in [9.17, 15) is 18.0 Å². The Morgan fingerprint density at radius 2 is 1.75 bits per heavy atom. The largest absolute Gasteiger partial charge is 0.497 e. The Bertz CT molecular complexity index is 1020. The van der Waals surface area contributed by atoms with Crippen LogP contribution in [0.1, 0.15) is 25.3 Å². The highest BCUT2D eigenvalue weighted by Crippen LogP contribution is 2.25. The number of piperidine rings is 1. The molecule has 2 heterocycles. The molecule has 172 valence electrons. The van der Waals surface area contributed by atoms with Gasteiger partial charge in [-0.05, 0) is 61.7 Å². The van der Waals surface area contributed by atoms with E-state index in [4.69, 9.17) is 4.74 Å². The predicted molar refractivity (Wildman–Crippen MR) is 118 cm³/mol. The van der Waals surface area contributed by atoms with Gasteiger partial charge in [0.15, 0.2) is 0 Å². The second kappa shape index (κ2) is 10.6. The summed E-state index contributed by atoms with van der Waals surface area (Å²) in [6.07, 6.45) is 4.08. The molecule has 9 nitrogen and oxygen atoms in total. The number of sulfonamides is 1. The maximum atomic E-state index is 12.8. The third kappa shape index (κ3) is 5.83. The normalized spacial score (nSPS) is 16.2. The van der Waals surface area contributed by atoms with E-state index in [1.54, 1.807) is 43.6 Å². The maximum absolute atomic E-state index is 12.8. The monoisotopic (exact) mass is 460 g/mol. The minimum atomic E-state index is -3.63. The smallest absolute Gasteiger partial charge is 0.243 e. The van der Waals surface area contributed by atoms with Gasteiger partial charge in [-0.25, -0.2) is 8.42 Å². The van der Waals surface area contributed by atoms with Crippen molar-refractivity contribution >= 4 is 21.8 Å². The molecular weight excluding hydrogens is 432 g/mol. The topological polar surface area (TPSA) is 118 Å². The lowest BCUT2D eigenvalue weighted by Gasteiger charge is -2.31. The van der Waals surface area contributed by atoms with E-state index < -0.39 is 16.1 Å². The molecule has 0 radical (unpaired) electrons. The van der Waals surface area contributed by atoms with Crippen LogP contribution in [0.2, 0.25) is 0 Å². The second-order valence-electron chi connectivity index (χ2n) is 7.66. The number of rotatable bonds is 8. The van der Waals surface area contributed by atoms with Crippen molar-refractivity contribution in [2.45, 2.75) is 37.2 Å². The Morgan fingerprint density at radius 3 is 2.34 bits per heavy atom. The lowest BCUT2D eigenvalue weighted by Crippen LogP contribution is -2.49. The third-order valence-corrected chi connectivity index (χ3v) is 7.40. The van der Waals surface area contributed by atoms with Crippen LogP contribution in [0.25, 0.3) is 0 Å². The first-order valence-corrected chi connectivity index (χ1v) is 11.9. The van der Waals surface area contributed by atoms with E-state index in [0.29, 0.717) is 25.1 Å². The van der Waals surface area contributed by atoms with Crippen LogP contribution in [0.5, 0.6) is 5.75 Å². The number of nitrogens with zero attached hydrogens (tertiary/aromatic N) is 2. The third-order valence-electron chi connectivity index (χ3n) is 5.49. The molecule has 1 aromatic heterocycles. The first-order chi connectivity index (χ1) is 15.3. The molecule has 1 atom stereocenters. The van der Waals surface area contributed by atoms with Crippen LogP contribution in [0.4, 0.5) is 0 Å². The molecule has 3 rings (SSSR count). The molecule has 1 fully saturated rings. The van der Waals surface area contributed by atoms with Crippen molar-refractivity contribution in [3.63, 3.8) is 0 Å². The van der Waals surface area contributed by atoms with Crippen molar-refractivity contribution < 1.29 is 22.7 Å². The fraction of sp³-hybridized carbons (Fsp3) is 0.409. The van der Waals surface area contributed by atoms with Crippen molar-refractivity contribution in [2.75, 3.05) is 20.2 Å². The molecule has 1 saturated heterocycles. The summed E-state index contributed by atoms with van der Waals surface area (Å²) in [5.41, 5.74) is 0.914. The van der Waals surface area contributed by atoms with E-state index in [-0.39, 0.29) is 35.7 Å². The number of ether oxygens (including phenoxy) is 1. The van der Waals surface area contributed by atoms with Gasteiger partial charge in [0.05, 0.1) is 12.0 Å². The Kier molecular flexibility index (Phi) is 7.81. The fourth-order valence-electron chi connectivity index (χ4n) is 3.49. The lowest BCUT2D eigenvalue weighted by molar-refractivity contribution is -0.131. The van der Waals surface area contributed by atoms with Gasteiger partial charge in [0.25, 0.3) is 0 Å². The van der Waals surface area contributed by atoms with E-state index in [2.05, 4.69) is 15.6 Å². The van der Waals surface area contributed by atoms with Crippen LogP contribution in [-0.2, 0) is 26.2 Å². The predicted octanol–water partition coefficient (Wildman–Crippen LogP) is 1.31. The summed E-state index contributed by atoms with van der Waals surface area (Å²) in [5.74, 6) is -0.279. The van der Waals surface area contributed by atoms with Gasteiger partial charge in [-0.3, -0.25) is 14.6 Å². The average Bonchev–Trinajstić information content (AvgIpc) is 2.83. The van der Waals surface area contributed by atoms with Crippen LogP contribution in [-0.4, -0.2) is 55.8 Å². The number of benzene rings is 1. The number of pyridine rings is 1. The molecule has 1 aromatic carbocycles. The van der Waals surface area contributed by atoms with E-state index in [0.717, 1.165) is 5.56 Å². The van der Waals surface area contributed by atoms with E-state index >= 15 is 0 Å². The van der Waals surface area contributed by atoms with Crippen LogP contribution in [0.15, 0.2) is 53.7 Å². The van der Waals surface area contributed by atoms with Crippen molar-refractivity contribution in [3.05, 3.63) is 54.4 Å².